The van der Waals surface area contributed by atoms with Crippen LogP contribution in [-0.2, 0) is 9.59 Å². The van der Waals surface area contributed by atoms with E-state index in [1.807, 2.05) is 42.7 Å². The molecule has 0 spiro atoms. The molecule has 1 unspecified atom stereocenters. The Kier molecular flexibility index (Phi) is 5.64. The van der Waals surface area contributed by atoms with Crippen LogP contribution in [0.3, 0.4) is 0 Å². The SMILES string of the molecule is CC1Oc2ccccc2N(CC(=O)NCC2CCN(c3ccncc3)CC2)C1=O. The number of ether oxygens (including phenoxy) is 1. The molecule has 152 valence electrons. The van der Waals surface area contributed by atoms with E-state index >= 15 is 0 Å². The van der Waals surface area contributed by atoms with Crippen LogP contribution in [0.15, 0.2) is 48.8 Å². The van der Waals surface area contributed by atoms with E-state index in [1.54, 1.807) is 13.0 Å². The Morgan fingerprint density at radius 2 is 1.90 bits per heavy atom. The summed E-state index contributed by atoms with van der Waals surface area (Å²) in [5.74, 6) is 0.753. The number of fused-ring (bicyclic) bond motifs is 1. The van der Waals surface area contributed by atoms with Gasteiger partial charge < -0.3 is 15.0 Å². The van der Waals surface area contributed by atoms with Crippen molar-refractivity contribution in [3.63, 3.8) is 0 Å². The molecule has 1 saturated heterocycles. The second-order valence-corrected chi connectivity index (χ2v) is 7.59. The fourth-order valence-corrected chi connectivity index (χ4v) is 3.93. The topological polar surface area (TPSA) is 74.8 Å². The molecular weight excluding hydrogens is 368 g/mol. The van der Waals surface area contributed by atoms with Crippen molar-refractivity contribution in [3.05, 3.63) is 48.8 Å². The molecule has 3 heterocycles. The molecule has 1 N–H and O–H groups in total. The number of piperidine rings is 1. The summed E-state index contributed by atoms with van der Waals surface area (Å²) >= 11 is 0. The summed E-state index contributed by atoms with van der Waals surface area (Å²) in [6, 6.07) is 11.4. The third kappa shape index (κ3) is 4.34. The summed E-state index contributed by atoms with van der Waals surface area (Å²) in [5.41, 5.74) is 1.84. The maximum Gasteiger partial charge on any atom is 0.268 e. The number of amides is 2. The first kappa shape index (κ1) is 19.2. The van der Waals surface area contributed by atoms with Crippen LogP contribution in [-0.4, -0.2) is 49.1 Å². The number of para-hydroxylation sites is 2. The molecular formula is C22H26N4O3. The number of pyridine rings is 1. The van der Waals surface area contributed by atoms with Gasteiger partial charge in [-0.1, -0.05) is 12.1 Å². The van der Waals surface area contributed by atoms with E-state index in [0.717, 1.165) is 25.9 Å². The molecule has 0 bridgehead atoms. The molecule has 2 amide bonds. The molecule has 2 aromatic rings. The van der Waals surface area contributed by atoms with E-state index in [-0.39, 0.29) is 18.4 Å². The van der Waals surface area contributed by atoms with Crippen LogP contribution in [0.1, 0.15) is 19.8 Å². The number of nitrogens with zero attached hydrogens (tertiary/aromatic N) is 3. The zero-order chi connectivity index (χ0) is 20.2. The first-order valence-corrected chi connectivity index (χ1v) is 10.1. The van der Waals surface area contributed by atoms with Crippen LogP contribution in [0.5, 0.6) is 5.75 Å². The average molecular weight is 394 g/mol. The number of nitrogens with one attached hydrogen (secondary N) is 1. The van der Waals surface area contributed by atoms with E-state index in [1.165, 1.54) is 10.6 Å². The normalized spacial score (nSPS) is 19.5. The molecule has 0 radical (unpaired) electrons. The van der Waals surface area contributed by atoms with Gasteiger partial charge in [0.25, 0.3) is 5.91 Å². The predicted octanol–water partition coefficient (Wildman–Crippen LogP) is 2.23. The summed E-state index contributed by atoms with van der Waals surface area (Å²) in [7, 11) is 0. The third-order valence-corrected chi connectivity index (χ3v) is 5.61. The molecule has 7 heteroatoms. The summed E-state index contributed by atoms with van der Waals surface area (Å²) in [6.45, 7) is 4.30. The number of rotatable bonds is 5. The molecule has 1 atom stereocenters. The highest BCUT2D eigenvalue weighted by Gasteiger charge is 2.32. The van der Waals surface area contributed by atoms with Gasteiger partial charge in [-0.25, -0.2) is 0 Å². The minimum atomic E-state index is -0.588. The molecule has 0 saturated carbocycles. The molecule has 2 aliphatic heterocycles. The van der Waals surface area contributed by atoms with Crippen molar-refractivity contribution in [2.45, 2.75) is 25.9 Å². The van der Waals surface area contributed by atoms with Gasteiger partial charge in [0.2, 0.25) is 5.91 Å². The van der Waals surface area contributed by atoms with Gasteiger partial charge >= 0.3 is 0 Å². The summed E-state index contributed by atoms with van der Waals surface area (Å²) in [6.07, 6.45) is 5.09. The Bertz CT molecular complexity index is 865. The highest BCUT2D eigenvalue weighted by atomic mass is 16.5. The first-order valence-electron chi connectivity index (χ1n) is 10.1. The fraction of sp³-hybridized carbons (Fsp3) is 0.409. The quantitative estimate of drug-likeness (QED) is 0.842. The van der Waals surface area contributed by atoms with E-state index in [0.29, 0.717) is 23.9 Å². The van der Waals surface area contributed by atoms with Gasteiger partial charge in [0.15, 0.2) is 6.10 Å². The molecule has 1 aromatic carbocycles. The molecule has 7 nitrogen and oxygen atoms in total. The van der Waals surface area contributed by atoms with Crippen molar-refractivity contribution in [1.82, 2.24) is 10.3 Å². The molecule has 1 fully saturated rings. The van der Waals surface area contributed by atoms with Gasteiger partial charge in [0.05, 0.1) is 5.69 Å². The van der Waals surface area contributed by atoms with Crippen LogP contribution in [0.2, 0.25) is 0 Å². The second-order valence-electron chi connectivity index (χ2n) is 7.59. The van der Waals surface area contributed by atoms with Crippen molar-refractivity contribution in [2.75, 3.05) is 36.0 Å². The molecule has 4 rings (SSSR count). The number of aromatic nitrogens is 1. The number of carbonyl (C=O) groups is 2. The number of anilines is 2. The summed E-state index contributed by atoms with van der Waals surface area (Å²) in [4.78, 5) is 33.0. The van der Waals surface area contributed by atoms with Crippen LogP contribution in [0.4, 0.5) is 11.4 Å². The van der Waals surface area contributed by atoms with Crippen molar-refractivity contribution >= 4 is 23.2 Å². The van der Waals surface area contributed by atoms with Crippen molar-refractivity contribution in [3.8, 4) is 5.75 Å². The second kappa shape index (κ2) is 8.51. The molecule has 29 heavy (non-hydrogen) atoms. The first-order chi connectivity index (χ1) is 14.1. The largest absolute Gasteiger partial charge is 0.479 e. The Hall–Kier alpha value is -3.09. The lowest BCUT2D eigenvalue weighted by atomic mass is 9.96. The smallest absolute Gasteiger partial charge is 0.268 e. The molecule has 0 aliphatic carbocycles. The lowest BCUT2D eigenvalue weighted by molar-refractivity contribution is -0.128. The zero-order valence-corrected chi connectivity index (χ0v) is 16.6. The van der Waals surface area contributed by atoms with E-state index in [2.05, 4.69) is 15.2 Å². The monoisotopic (exact) mass is 394 g/mol. The Morgan fingerprint density at radius 3 is 2.66 bits per heavy atom. The van der Waals surface area contributed by atoms with Gasteiger partial charge in [-0.3, -0.25) is 19.5 Å². The van der Waals surface area contributed by atoms with Gasteiger partial charge in [-0.15, -0.1) is 0 Å². The molecule has 1 aromatic heterocycles. The van der Waals surface area contributed by atoms with E-state index < -0.39 is 6.10 Å². The van der Waals surface area contributed by atoms with Gasteiger partial charge in [-0.05, 0) is 49.9 Å². The number of benzene rings is 1. The number of carbonyl (C=O) groups excluding carboxylic acids is 2. The fourth-order valence-electron chi connectivity index (χ4n) is 3.93. The lowest BCUT2D eigenvalue weighted by Gasteiger charge is -2.34. The Morgan fingerprint density at radius 1 is 1.17 bits per heavy atom. The van der Waals surface area contributed by atoms with Gasteiger partial charge in [0.1, 0.15) is 12.3 Å². The minimum Gasteiger partial charge on any atom is -0.479 e. The van der Waals surface area contributed by atoms with E-state index in [9.17, 15) is 9.59 Å². The number of hydrogen-bond acceptors (Lipinski definition) is 5. The lowest BCUT2D eigenvalue weighted by Crippen LogP contribution is -2.49. The van der Waals surface area contributed by atoms with Crippen molar-refractivity contribution in [2.24, 2.45) is 5.92 Å². The summed E-state index contributed by atoms with van der Waals surface area (Å²) < 4.78 is 5.63. The highest BCUT2D eigenvalue weighted by molar-refractivity contribution is 6.03. The van der Waals surface area contributed by atoms with Gasteiger partial charge in [-0.2, -0.15) is 0 Å². The summed E-state index contributed by atoms with van der Waals surface area (Å²) in [5, 5.41) is 3.02. The Labute approximate surface area is 170 Å². The van der Waals surface area contributed by atoms with Crippen molar-refractivity contribution in [1.29, 1.82) is 0 Å². The van der Waals surface area contributed by atoms with E-state index in [4.69, 9.17) is 4.74 Å². The van der Waals surface area contributed by atoms with Gasteiger partial charge in [0, 0.05) is 37.7 Å². The van der Waals surface area contributed by atoms with Crippen LogP contribution in [0, 0.1) is 5.92 Å². The van der Waals surface area contributed by atoms with Crippen LogP contribution < -0.4 is 19.9 Å². The maximum atomic E-state index is 12.5. The number of hydrogen-bond donors (Lipinski definition) is 1. The zero-order valence-electron chi connectivity index (χ0n) is 16.6. The average Bonchev–Trinajstić information content (AvgIpc) is 2.76. The van der Waals surface area contributed by atoms with Crippen LogP contribution in [0.25, 0.3) is 0 Å². The standard InChI is InChI=1S/C22H26N4O3/c1-16-22(28)26(19-4-2-3-5-20(19)29-16)15-21(27)24-14-17-8-12-25(13-9-17)18-6-10-23-11-7-18/h2-7,10-11,16-17H,8-9,12-15H2,1H3,(H,24,27). The molecule has 2 aliphatic rings. The predicted molar refractivity (Wildman–Crippen MR) is 111 cm³/mol. The Balaban J connectivity index is 1.28. The third-order valence-electron chi connectivity index (χ3n) is 5.61. The maximum absolute atomic E-state index is 12.5. The minimum absolute atomic E-state index is 0.0133. The van der Waals surface area contributed by atoms with Crippen molar-refractivity contribution < 1.29 is 14.3 Å². The van der Waals surface area contributed by atoms with Crippen LogP contribution >= 0.6 is 0 Å². The highest BCUT2D eigenvalue weighted by Crippen LogP contribution is 2.33.